The summed E-state index contributed by atoms with van der Waals surface area (Å²) < 4.78 is 307. The maximum Gasteiger partial charge on any atom is 0.460 e. The van der Waals surface area contributed by atoms with Crippen molar-refractivity contribution in [3.63, 3.8) is 0 Å². The fraction of sp³-hybridized carbons (Fsp3) is 0.917. The lowest BCUT2D eigenvalue weighted by molar-refractivity contribution is -0.473. The molecule has 0 aliphatic heterocycles. The molecule has 0 rings (SSSR count). The maximum absolute atomic E-state index is 13.3. The highest BCUT2D eigenvalue weighted by Crippen LogP contribution is 2.66. The van der Waals surface area contributed by atoms with Gasteiger partial charge in [-0.15, -0.1) is 0 Å². The minimum absolute atomic E-state index is 5.47. The van der Waals surface area contributed by atoms with E-state index in [1.165, 1.54) is 0 Å². The highest BCUT2D eigenvalue weighted by molar-refractivity contribution is 5.91. The van der Waals surface area contributed by atoms with Gasteiger partial charge in [-0.05, 0) is 0 Å². The van der Waals surface area contributed by atoms with Gasteiger partial charge in [-0.3, -0.25) is 4.79 Å². The summed E-state index contributed by atoms with van der Waals surface area (Å²) in [4.78, 5) is 10.2. The summed E-state index contributed by atoms with van der Waals surface area (Å²) in [6, 6.07) is 0. The smallest absolute Gasteiger partial charge is 0.282 e. The molecular weight excluding hydrogens is 616 g/mol. The molecule has 222 valence electrons. The molecule has 0 N–H and O–H groups in total. The van der Waals surface area contributed by atoms with E-state index in [0.29, 0.717) is 0 Å². The minimum Gasteiger partial charge on any atom is -0.282 e. The molecule has 0 aliphatic carbocycles. The first-order chi connectivity index (χ1) is 15.4. The van der Waals surface area contributed by atoms with Crippen LogP contribution >= 0.6 is 0 Å². The van der Waals surface area contributed by atoms with Crippen molar-refractivity contribution < 1.29 is 110 Å². The van der Waals surface area contributed by atoms with Gasteiger partial charge in [-0.25, -0.2) is 0 Å². The topological polar surface area (TPSA) is 17.1 Å². The van der Waals surface area contributed by atoms with Gasteiger partial charge in [0.2, 0.25) is 0 Å². The Bertz CT molecular complexity index is 869. The van der Waals surface area contributed by atoms with Gasteiger partial charge in [0.1, 0.15) is 0 Å². The standard InChI is InChI=1S/C12F24O/c13-2(14,1(37)3(15,16)17)4(18,19)5(20,21)6(22,23)7(24,25)8(26,27)9(28,29)10(30,31)11(32,33)12(34,35)36. The normalized spacial score (nSPS) is 16.8. The number of halogens is 24. The average Bonchev–Trinajstić information content (AvgIpc) is 2.64. The Labute approximate surface area is 183 Å². The van der Waals surface area contributed by atoms with Crippen molar-refractivity contribution >= 4 is 5.78 Å². The first kappa shape index (κ1) is 35.0. The van der Waals surface area contributed by atoms with E-state index in [0.717, 1.165) is 0 Å². The number of rotatable bonds is 9. The fourth-order valence-corrected chi connectivity index (χ4v) is 1.88. The molecule has 0 saturated carbocycles. The number of carbonyl (C=O) groups excluding carboxylic acids is 1. The van der Waals surface area contributed by atoms with Crippen molar-refractivity contribution in [3.05, 3.63) is 0 Å². The van der Waals surface area contributed by atoms with E-state index in [1.54, 1.807) is 0 Å². The van der Waals surface area contributed by atoms with E-state index in [2.05, 4.69) is 0 Å². The predicted octanol–water partition coefficient (Wildman–Crippen LogP) is 7.40. The third-order valence-electron chi connectivity index (χ3n) is 4.05. The van der Waals surface area contributed by atoms with Crippen LogP contribution in [0.3, 0.4) is 0 Å². The van der Waals surface area contributed by atoms with Crippen LogP contribution in [0.1, 0.15) is 0 Å². The van der Waals surface area contributed by atoms with Crippen LogP contribution < -0.4 is 0 Å². The fourth-order valence-electron chi connectivity index (χ4n) is 1.88. The summed E-state index contributed by atoms with van der Waals surface area (Å²) in [6.07, 6.45) is -15.6. The van der Waals surface area contributed by atoms with E-state index >= 15 is 0 Å². The third kappa shape index (κ3) is 4.20. The Morgan fingerprint density at radius 1 is 0.297 bits per heavy atom. The maximum atomic E-state index is 13.3. The first-order valence-electron chi connectivity index (χ1n) is 7.49. The van der Waals surface area contributed by atoms with Gasteiger partial charge in [-0.2, -0.15) is 105 Å². The summed E-state index contributed by atoms with van der Waals surface area (Å²) in [5.74, 6) is -87.4. The zero-order valence-corrected chi connectivity index (χ0v) is 15.5. The minimum atomic E-state index is -9.50. The number of hydrogen-bond acceptors (Lipinski definition) is 1. The molecule has 0 bridgehead atoms. The number of carbonyl (C=O) groups is 1. The monoisotopic (exact) mass is 616 g/mol. The van der Waals surface area contributed by atoms with Gasteiger partial charge in [0.05, 0.1) is 0 Å². The van der Waals surface area contributed by atoms with Gasteiger partial charge >= 0.3 is 71.4 Å². The van der Waals surface area contributed by atoms with Crippen molar-refractivity contribution in [3.8, 4) is 0 Å². The Morgan fingerprint density at radius 2 is 0.486 bits per heavy atom. The quantitative estimate of drug-likeness (QED) is 0.247. The molecule has 0 fully saturated rings. The number of hydrogen-bond donors (Lipinski definition) is 0. The molecule has 0 atom stereocenters. The molecule has 0 heterocycles. The Kier molecular flexibility index (Phi) is 7.80. The second kappa shape index (κ2) is 8.24. The lowest BCUT2D eigenvalue weighted by Gasteiger charge is -2.44. The Morgan fingerprint density at radius 3 is 0.676 bits per heavy atom. The molecule has 0 spiro atoms. The van der Waals surface area contributed by atoms with Gasteiger partial charge in [0.25, 0.3) is 0 Å². The van der Waals surface area contributed by atoms with E-state index in [1.807, 2.05) is 0 Å². The van der Waals surface area contributed by atoms with Crippen molar-refractivity contribution in [2.24, 2.45) is 0 Å². The molecule has 0 unspecified atom stereocenters. The number of Topliss-reactive ketones (excluding diaryl/α,β-unsaturated/α-hetero) is 1. The van der Waals surface area contributed by atoms with Gasteiger partial charge in [0.15, 0.2) is 0 Å². The van der Waals surface area contributed by atoms with Crippen LogP contribution in [0, 0.1) is 0 Å². The lowest BCUT2D eigenvalue weighted by Crippen LogP contribution is -2.77. The SMILES string of the molecule is O=C(C(F)(F)F)C(F)(F)C(F)(F)C(F)(F)C(F)(F)C(F)(F)C(F)(F)C(F)(F)C(F)(F)C(F)(F)C(F)(F)F. The average molecular weight is 616 g/mol. The van der Waals surface area contributed by atoms with Crippen LogP contribution in [-0.2, 0) is 4.79 Å². The molecule has 25 heteroatoms. The number of alkyl halides is 24. The van der Waals surface area contributed by atoms with Crippen molar-refractivity contribution in [2.75, 3.05) is 0 Å². The summed E-state index contributed by atoms with van der Waals surface area (Å²) in [7, 11) is 0. The third-order valence-corrected chi connectivity index (χ3v) is 4.05. The molecule has 0 aromatic rings. The molecule has 0 aromatic heterocycles. The van der Waals surface area contributed by atoms with Crippen LogP contribution in [0.25, 0.3) is 0 Å². The second-order valence-corrected chi connectivity index (χ2v) is 6.49. The van der Waals surface area contributed by atoms with Gasteiger partial charge in [0, 0.05) is 0 Å². The van der Waals surface area contributed by atoms with Crippen molar-refractivity contribution in [2.45, 2.75) is 65.7 Å². The first-order valence-corrected chi connectivity index (χ1v) is 7.49. The van der Waals surface area contributed by atoms with E-state index in [9.17, 15) is 110 Å². The second-order valence-electron chi connectivity index (χ2n) is 6.49. The van der Waals surface area contributed by atoms with Gasteiger partial charge in [-0.1, -0.05) is 0 Å². The van der Waals surface area contributed by atoms with Crippen LogP contribution in [0.5, 0.6) is 0 Å². The molecule has 0 saturated heterocycles. The van der Waals surface area contributed by atoms with E-state index < -0.39 is 71.4 Å². The highest BCUT2D eigenvalue weighted by Gasteiger charge is 2.98. The van der Waals surface area contributed by atoms with E-state index in [4.69, 9.17) is 0 Å². The van der Waals surface area contributed by atoms with Crippen LogP contribution in [-0.4, -0.2) is 71.4 Å². The van der Waals surface area contributed by atoms with E-state index in [-0.39, 0.29) is 0 Å². The number of ketones is 1. The molecule has 0 aliphatic rings. The largest absolute Gasteiger partial charge is 0.460 e. The zero-order valence-electron chi connectivity index (χ0n) is 15.5. The summed E-state index contributed by atoms with van der Waals surface area (Å²) in [5.41, 5.74) is 0. The van der Waals surface area contributed by atoms with Crippen LogP contribution in [0.4, 0.5) is 105 Å². The molecule has 0 radical (unpaired) electrons. The summed E-state index contributed by atoms with van der Waals surface area (Å²) in [6.45, 7) is 0. The lowest BCUT2D eigenvalue weighted by atomic mass is 9.85. The summed E-state index contributed by atoms with van der Waals surface area (Å²) >= 11 is 0. The molecule has 0 amide bonds. The zero-order chi connectivity index (χ0) is 31.1. The van der Waals surface area contributed by atoms with Crippen molar-refractivity contribution in [1.82, 2.24) is 0 Å². The molecule has 1 nitrogen and oxygen atoms in total. The molecule has 37 heavy (non-hydrogen) atoms. The van der Waals surface area contributed by atoms with Gasteiger partial charge < -0.3 is 0 Å². The molecular formula is C12F24O. The van der Waals surface area contributed by atoms with Crippen molar-refractivity contribution in [1.29, 1.82) is 0 Å². The Hall–Kier alpha value is -2.01. The molecule has 0 aromatic carbocycles. The highest BCUT2D eigenvalue weighted by atomic mass is 19.4. The van der Waals surface area contributed by atoms with Crippen LogP contribution in [0.2, 0.25) is 0 Å². The summed E-state index contributed by atoms with van der Waals surface area (Å²) in [5, 5.41) is 0. The predicted molar refractivity (Wildman–Crippen MR) is 61.6 cm³/mol. The Balaban J connectivity index is 7.19. The van der Waals surface area contributed by atoms with Crippen LogP contribution in [0.15, 0.2) is 0 Å².